The third-order valence-electron chi connectivity index (χ3n) is 0.920. The molecule has 78 valence electrons. The lowest BCUT2D eigenvalue weighted by atomic mass is 10.3. The standard InChI is InChI=1S/C5H8O4S.C2H7N/c1-10-3(5(8)9)2-4(6)7;1-2-3/h3H,2H2,1H3,(H,6,7)(H,8,9);2-3H2,1H3. The van der Waals surface area contributed by atoms with Crippen LogP contribution < -0.4 is 5.73 Å². The first-order valence-electron chi connectivity index (χ1n) is 3.67. The summed E-state index contributed by atoms with van der Waals surface area (Å²) in [5.74, 6) is -2.16. The number of nitrogens with two attached hydrogens (primary N) is 1. The van der Waals surface area contributed by atoms with Crippen molar-refractivity contribution in [3.05, 3.63) is 0 Å². The molecule has 0 aromatic rings. The predicted molar refractivity (Wildman–Crippen MR) is 51.9 cm³/mol. The van der Waals surface area contributed by atoms with Crippen molar-refractivity contribution in [3.8, 4) is 0 Å². The Morgan fingerprint density at radius 1 is 1.46 bits per heavy atom. The van der Waals surface area contributed by atoms with Gasteiger partial charge in [0.15, 0.2) is 0 Å². The quantitative estimate of drug-likeness (QED) is 0.613. The third kappa shape index (κ3) is 11.2. The highest BCUT2D eigenvalue weighted by Crippen LogP contribution is 2.10. The Hall–Kier alpha value is -0.750. The van der Waals surface area contributed by atoms with Crippen LogP contribution in [0.5, 0.6) is 0 Å². The zero-order valence-corrected chi connectivity index (χ0v) is 8.50. The molecule has 0 heterocycles. The van der Waals surface area contributed by atoms with Gasteiger partial charge in [0.05, 0.1) is 6.42 Å². The molecule has 1 unspecified atom stereocenters. The molecular formula is C7H15NO4S. The topological polar surface area (TPSA) is 101 Å². The highest BCUT2D eigenvalue weighted by Gasteiger charge is 2.18. The number of carbonyl (C=O) groups is 2. The molecule has 1 atom stereocenters. The molecule has 0 radical (unpaired) electrons. The summed E-state index contributed by atoms with van der Waals surface area (Å²) in [6.45, 7) is 2.65. The molecule has 0 saturated heterocycles. The van der Waals surface area contributed by atoms with Crippen LogP contribution in [0.15, 0.2) is 0 Å². The number of thioether (sulfide) groups is 1. The maximum absolute atomic E-state index is 10.2. The van der Waals surface area contributed by atoms with E-state index in [9.17, 15) is 9.59 Å². The van der Waals surface area contributed by atoms with E-state index in [0.717, 1.165) is 18.3 Å². The molecule has 0 amide bonds. The Kier molecular flexibility index (Phi) is 10.6. The molecule has 0 spiro atoms. The summed E-state index contributed by atoms with van der Waals surface area (Å²) in [6, 6.07) is 0. The predicted octanol–water partition coefficient (Wildman–Crippen LogP) is 0.242. The van der Waals surface area contributed by atoms with Gasteiger partial charge in [0, 0.05) is 0 Å². The molecule has 0 aromatic carbocycles. The highest BCUT2D eigenvalue weighted by molar-refractivity contribution is 7.99. The maximum Gasteiger partial charge on any atom is 0.317 e. The second-order valence-corrected chi connectivity index (χ2v) is 3.11. The minimum Gasteiger partial charge on any atom is -0.481 e. The third-order valence-corrected chi connectivity index (χ3v) is 1.86. The fourth-order valence-corrected chi connectivity index (χ4v) is 0.941. The van der Waals surface area contributed by atoms with Gasteiger partial charge in [-0.2, -0.15) is 0 Å². The summed E-state index contributed by atoms with van der Waals surface area (Å²) in [5, 5.41) is 15.7. The van der Waals surface area contributed by atoms with Crippen LogP contribution >= 0.6 is 11.8 Å². The van der Waals surface area contributed by atoms with Crippen molar-refractivity contribution >= 4 is 23.7 Å². The van der Waals surface area contributed by atoms with Gasteiger partial charge in [-0.15, -0.1) is 11.8 Å². The molecule has 0 aliphatic rings. The summed E-state index contributed by atoms with van der Waals surface area (Å²) in [6.07, 6.45) is 1.25. The fraction of sp³-hybridized carbons (Fsp3) is 0.714. The van der Waals surface area contributed by atoms with Gasteiger partial charge in [-0.25, -0.2) is 0 Å². The van der Waals surface area contributed by atoms with E-state index in [2.05, 4.69) is 0 Å². The van der Waals surface area contributed by atoms with E-state index < -0.39 is 17.2 Å². The normalized spacial score (nSPS) is 11.0. The van der Waals surface area contributed by atoms with E-state index in [4.69, 9.17) is 15.9 Å². The molecule has 4 N–H and O–H groups in total. The zero-order valence-electron chi connectivity index (χ0n) is 7.69. The number of rotatable bonds is 4. The van der Waals surface area contributed by atoms with Crippen LogP contribution in [0.25, 0.3) is 0 Å². The lowest BCUT2D eigenvalue weighted by molar-refractivity contribution is -0.142. The smallest absolute Gasteiger partial charge is 0.317 e. The van der Waals surface area contributed by atoms with Gasteiger partial charge in [0.25, 0.3) is 0 Å². The largest absolute Gasteiger partial charge is 0.481 e. The SMILES string of the molecule is CCN.CSC(CC(=O)O)C(=O)O. The van der Waals surface area contributed by atoms with E-state index in [-0.39, 0.29) is 6.42 Å². The van der Waals surface area contributed by atoms with Gasteiger partial charge in [0.1, 0.15) is 5.25 Å². The van der Waals surface area contributed by atoms with Crippen molar-refractivity contribution in [2.24, 2.45) is 5.73 Å². The number of carboxylic acids is 2. The minimum atomic E-state index is -1.08. The van der Waals surface area contributed by atoms with Crippen LogP contribution in [-0.4, -0.2) is 40.2 Å². The van der Waals surface area contributed by atoms with Crippen LogP contribution in [0, 0.1) is 0 Å². The van der Waals surface area contributed by atoms with Crippen molar-refractivity contribution in [1.29, 1.82) is 0 Å². The van der Waals surface area contributed by atoms with Gasteiger partial charge in [-0.1, -0.05) is 6.92 Å². The van der Waals surface area contributed by atoms with E-state index in [1.165, 1.54) is 0 Å². The second kappa shape index (κ2) is 9.34. The Balaban J connectivity index is 0. The molecule has 0 saturated carbocycles. The summed E-state index contributed by atoms with van der Waals surface area (Å²) >= 11 is 1.03. The Bertz CT molecular complexity index is 163. The second-order valence-electron chi connectivity index (χ2n) is 2.07. The number of hydrogen-bond donors (Lipinski definition) is 3. The molecule has 5 nitrogen and oxygen atoms in total. The van der Waals surface area contributed by atoms with Gasteiger partial charge in [0.2, 0.25) is 0 Å². The van der Waals surface area contributed by atoms with Crippen molar-refractivity contribution in [2.45, 2.75) is 18.6 Å². The monoisotopic (exact) mass is 209 g/mol. The number of carboxylic acid groups (broad SMARTS) is 2. The fourth-order valence-electron chi connectivity index (χ4n) is 0.430. The Morgan fingerprint density at radius 2 is 1.85 bits per heavy atom. The maximum atomic E-state index is 10.2. The van der Waals surface area contributed by atoms with E-state index in [0.29, 0.717) is 0 Å². The average Bonchev–Trinajstić information content (AvgIpc) is 2.00. The van der Waals surface area contributed by atoms with Gasteiger partial charge < -0.3 is 15.9 Å². The molecule has 13 heavy (non-hydrogen) atoms. The van der Waals surface area contributed by atoms with Crippen LogP contribution in [0.4, 0.5) is 0 Å². The van der Waals surface area contributed by atoms with Crippen LogP contribution in [0.3, 0.4) is 0 Å². The van der Waals surface area contributed by atoms with E-state index in [1.54, 1.807) is 6.26 Å². The summed E-state index contributed by atoms with van der Waals surface area (Å²) in [5.41, 5.74) is 4.85. The van der Waals surface area contributed by atoms with Crippen molar-refractivity contribution in [3.63, 3.8) is 0 Å². The average molecular weight is 209 g/mol. The summed E-state index contributed by atoms with van der Waals surface area (Å²) < 4.78 is 0. The molecular weight excluding hydrogens is 194 g/mol. The zero-order chi connectivity index (χ0) is 10.9. The van der Waals surface area contributed by atoms with Gasteiger partial charge in [-0.05, 0) is 12.8 Å². The lowest BCUT2D eigenvalue weighted by Gasteiger charge is -2.03. The first-order valence-corrected chi connectivity index (χ1v) is 4.95. The van der Waals surface area contributed by atoms with Crippen molar-refractivity contribution in [2.75, 3.05) is 12.8 Å². The summed E-state index contributed by atoms with van der Waals surface area (Å²) in [4.78, 5) is 20.2. The van der Waals surface area contributed by atoms with Crippen LogP contribution in [0.1, 0.15) is 13.3 Å². The molecule has 0 fully saturated rings. The number of aliphatic carboxylic acids is 2. The van der Waals surface area contributed by atoms with Crippen molar-refractivity contribution in [1.82, 2.24) is 0 Å². The molecule has 0 aromatic heterocycles. The molecule has 0 aliphatic heterocycles. The summed E-state index contributed by atoms with van der Waals surface area (Å²) in [7, 11) is 0. The van der Waals surface area contributed by atoms with Crippen LogP contribution in [-0.2, 0) is 9.59 Å². The first-order chi connectivity index (χ1) is 5.99. The van der Waals surface area contributed by atoms with Gasteiger partial charge >= 0.3 is 11.9 Å². The molecule has 0 bridgehead atoms. The first kappa shape index (κ1) is 14.8. The highest BCUT2D eigenvalue weighted by atomic mass is 32.2. The Labute approximate surface area is 81.3 Å². The van der Waals surface area contributed by atoms with Crippen molar-refractivity contribution < 1.29 is 19.8 Å². The van der Waals surface area contributed by atoms with Crippen LogP contribution in [0.2, 0.25) is 0 Å². The molecule has 0 rings (SSSR count). The molecule has 6 heteroatoms. The van der Waals surface area contributed by atoms with Gasteiger partial charge in [-0.3, -0.25) is 9.59 Å². The minimum absolute atomic E-state index is 0.323. The lowest BCUT2D eigenvalue weighted by Crippen LogP contribution is -2.19. The molecule has 0 aliphatic carbocycles. The number of hydrogen-bond acceptors (Lipinski definition) is 4. The van der Waals surface area contributed by atoms with E-state index in [1.807, 2.05) is 6.92 Å². The Morgan fingerprint density at radius 3 is 1.92 bits per heavy atom. The van der Waals surface area contributed by atoms with E-state index >= 15 is 0 Å².